The molecule has 2 bridgehead atoms. The van der Waals surface area contributed by atoms with Crippen LogP contribution in [0.25, 0.3) is 10.9 Å². The van der Waals surface area contributed by atoms with Crippen molar-refractivity contribution in [2.45, 2.75) is 51.0 Å². The zero-order chi connectivity index (χ0) is 39.0. The number of ether oxygens (including phenoxy) is 2. The molecule has 5 N–H and O–H groups in total. The van der Waals surface area contributed by atoms with Gasteiger partial charge in [0.2, 0.25) is 5.56 Å². The first-order chi connectivity index (χ1) is 27.2. The fourth-order valence-electron chi connectivity index (χ4n) is 7.70. The van der Waals surface area contributed by atoms with E-state index < -0.39 is 18.2 Å². The van der Waals surface area contributed by atoms with E-state index in [0.29, 0.717) is 54.4 Å². The lowest BCUT2D eigenvalue weighted by Gasteiger charge is -2.43. The Bertz CT molecular complexity index is 2160. The number of fused-ring (bicyclic) bond motifs is 4. The number of aliphatic hydroxyl groups is 1. The minimum atomic E-state index is -0.871. The van der Waals surface area contributed by atoms with Crippen molar-refractivity contribution in [3.05, 3.63) is 130 Å². The third kappa shape index (κ3) is 9.24. The van der Waals surface area contributed by atoms with Crippen LogP contribution in [-0.2, 0) is 11.3 Å². The summed E-state index contributed by atoms with van der Waals surface area (Å²) in [5.41, 5.74) is 2.29. The molecule has 0 aliphatic carbocycles. The van der Waals surface area contributed by atoms with Crippen LogP contribution in [0.3, 0.4) is 0 Å². The number of pyridine rings is 1. The number of H-pyrrole nitrogens is 1. The maximum atomic E-state index is 13.3. The summed E-state index contributed by atoms with van der Waals surface area (Å²) in [7, 11) is 0. The van der Waals surface area contributed by atoms with Gasteiger partial charge in [-0.2, -0.15) is 0 Å². The van der Waals surface area contributed by atoms with Gasteiger partial charge in [0.1, 0.15) is 30.0 Å². The smallest absolute Gasteiger partial charge is 0.408 e. The van der Waals surface area contributed by atoms with E-state index >= 15 is 0 Å². The number of alkyl carbamates (subject to hydrolysis) is 1. The molecule has 0 saturated carbocycles. The zero-order valence-electron chi connectivity index (χ0n) is 31.5. The molecule has 5 heterocycles. The van der Waals surface area contributed by atoms with Gasteiger partial charge in [-0.25, -0.2) is 4.79 Å². The Morgan fingerprint density at radius 2 is 1.80 bits per heavy atom. The van der Waals surface area contributed by atoms with E-state index in [9.17, 15) is 24.6 Å². The molecule has 5 aromatic rings. The predicted octanol–water partition coefficient (Wildman–Crippen LogP) is 5.49. The molecule has 3 aliphatic rings. The Balaban J connectivity index is 0.901. The highest BCUT2D eigenvalue weighted by Crippen LogP contribution is 2.31. The van der Waals surface area contributed by atoms with Gasteiger partial charge in [0.15, 0.2) is 5.76 Å². The van der Waals surface area contributed by atoms with Gasteiger partial charge in [0, 0.05) is 37.6 Å². The first kappa shape index (κ1) is 38.6. The standard InChI is InChI=1S/C43H49N5O8/c1-2-48(21-7-20-44-25-36(50)33-13-15-35(49)41-34(33)14-17-39(51)45-41)42(52)37-16-12-32(55-37)27-54-31-11-6-10-30(24-31)40(29-8-4-3-5-9-29)46-43(53)56-38-26-47-22-18-28(38)19-23-47/h3-6,8-17,24,28,36,38,40,44,49-50H,2,7,18-23,25-27H2,1H3,(H,45,51)(H,46,53)/t36-,38+,40-/m0/s1. The summed E-state index contributed by atoms with van der Waals surface area (Å²) in [5, 5.41) is 27.9. The second-order valence-electron chi connectivity index (χ2n) is 14.4. The summed E-state index contributed by atoms with van der Waals surface area (Å²) in [6, 6.07) is 26.3. The van der Waals surface area contributed by atoms with Crippen LogP contribution in [0.5, 0.6) is 11.5 Å². The van der Waals surface area contributed by atoms with E-state index in [4.69, 9.17) is 13.9 Å². The predicted molar refractivity (Wildman–Crippen MR) is 211 cm³/mol. The van der Waals surface area contributed by atoms with Crippen LogP contribution in [0.4, 0.5) is 4.79 Å². The van der Waals surface area contributed by atoms with Crippen LogP contribution in [0, 0.1) is 5.92 Å². The molecule has 0 spiro atoms. The fraction of sp³-hybridized carbons (Fsp3) is 0.372. The van der Waals surface area contributed by atoms with Crippen molar-refractivity contribution in [2.24, 2.45) is 5.92 Å². The highest BCUT2D eigenvalue weighted by molar-refractivity contribution is 5.91. The molecular weight excluding hydrogens is 714 g/mol. The summed E-state index contributed by atoms with van der Waals surface area (Å²) in [4.78, 5) is 45.0. The quantitative estimate of drug-likeness (QED) is 0.0811. The van der Waals surface area contributed by atoms with Crippen molar-refractivity contribution >= 4 is 22.9 Å². The Labute approximate surface area is 325 Å². The maximum Gasteiger partial charge on any atom is 0.408 e. The Morgan fingerprint density at radius 1 is 1.00 bits per heavy atom. The van der Waals surface area contributed by atoms with Crippen LogP contribution in [-0.4, -0.2) is 88.9 Å². The first-order valence-electron chi connectivity index (χ1n) is 19.3. The lowest BCUT2D eigenvalue weighted by atomic mass is 9.86. The summed E-state index contributed by atoms with van der Waals surface area (Å²) < 4.78 is 18.0. The monoisotopic (exact) mass is 763 g/mol. The summed E-state index contributed by atoms with van der Waals surface area (Å²) in [5.74, 6) is 1.41. The Morgan fingerprint density at radius 3 is 2.57 bits per heavy atom. The molecule has 2 amide bonds. The molecule has 3 saturated heterocycles. The molecule has 0 unspecified atom stereocenters. The van der Waals surface area contributed by atoms with E-state index in [1.807, 2.05) is 61.5 Å². The number of aromatic hydroxyl groups is 1. The van der Waals surface area contributed by atoms with Crippen molar-refractivity contribution in [3.8, 4) is 11.5 Å². The summed E-state index contributed by atoms with van der Waals surface area (Å²) >= 11 is 0. The molecule has 56 heavy (non-hydrogen) atoms. The number of piperidine rings is 3. The van der Waals surface area contributed by atoms with Crippen LogP contribution >= 0.6 is 0 Å². The number of nitrogens with zero attached hydrogens (tertiary/aromatic N) is 2. The minimum Gasteiger partial charge on any atom is -0.506 e. The number of aromatic nitrogens is 1. The number of carbonyl (C=O) groups excluding carboxylic acids is 2. The molecular formula is C43H49N5O8. The third-order valence-corrected chi connectivity index (χ3v) is 10.7. The Kier molecular flexibility index (Phi) is 12.3. The van der Waals surface area contributed by atoms with Crippen molar-refractivity contribution in [3.63, 3.8) is 0 Å². The summed E-state index contributed by atoms with van der Waals surface area (Å²) in [6.45, 7) is 6.70. The van der Waals surface area contributed by atoms with Crippen LogP contribution < -0.4 is 20.9 Å². The van der Waals surface area contributed by atoms with Gasteiger partial charge in [-0.3, -0.25) is 14.5 Å². The molecule has 0 radical (unpaired) electrons. The van der Waals surface area contributed by atoms with Crippen molar-refractivity contribution < 1.29 is 33.7 Å². The summed E-state index contributed by atoms with van der Waals surface area (Å²) in [6.07, 6.45) is 1.34. The number of nitrogens with one attached hydrogen (secondary N) is 3. The largest absolute Gasteiger partial charge is 0.506 e. The molecule has 3 aromatic carbocycles. The van der Waals surface area contributed by atoms with Crippen molar-refractivity contribution in [1.29, 1.82) is 0 Å². The van der Waals surface area contributed by atoms with Gasteiger partial charge in [0.05, 0.1) is 17.7 Å². The van der Waals surface area contributed by atoms with Crippen LogP contribution in [0.2, 0.25) is 0 Å². The number of aromatic amines is 1. The van der Waals surface area contributed by atoms with E-state index in [2.05, 4.69) is 20.5 Å². The molecule has 2 aromatic heterocycles. The second-order valence-corrected chi connectivity index (χ2v) is 14.4. The number of aliphatic hydroxyl groups excluding tert-OH is 1. The van der Waals surface area contributed by atoms with E-state index in [0.717, 1.165) is 43.6 Å². The number of amides is 2. The highest BCUT2D eigenvalue weighted by Gasteiger charge is 2.37. The topological polar surface area (TPSA) is 170 Å². The normalized spacial score (nSPS) is 18.6. The molecule has 294 valence electrons. The average molecular weight is 764 g/mol. The number of hydrogen-bond donors (Lipinski definition) is 5. The number of carbonyl (C=O) groups is 2. The number of phenols is 1. The molecule has 13 nitrogen and oxygen atoms in total. The minimum absolute atomic E-state index is 0.0617. The van der Waals surface area contributed by atoms with Gasteiger partial charge >= 0.3 is 6.09 Å². The van der Waals surface area contributed by atoms with E-state index in [1.165, 1.54) is 12.1 Å². The maximum absolute atomic E-state index is 13.3. The molecule has 8 rings (SSSR count). The first-order valence-corrected chi connectivity index (χ1v) is 19.3. The molecule has 3 atom stereocenters. The van der Waals surface area contributed by atoms with Crippen LogP contribution in [0.1, 0.15) is 71.3 Å². The SMILES string of the molecule is CCN(CCCNC[C@H](O)c1ccc(O)c2[nH]c(=O)ccc12)C(=O)c1ccc(COc2cccc([C@@H](NC(=O)O[C@@H]3CN4CCC3CC4)c3ccccc3)c2)o1. The molecule has 3 aliphatic heterocycles. The second kappa shape index (κ2) is 17.9. The number of phenolic OH excluding ortho intramolecular Hbond substituents is 1. The number of rotatable bonds is 16. The van der Waals surface area contributed by atoms with Gasteiger partial charge in [-0.1, -0.05) is 48.5 Å². The van der Waals surface area contributed by atoms with Crippen molar-refractivity contribution in [2.75, 3.05) is 45.8 Å². The average Bonchev–Trinajstić information content (AvgIpc) is 3.71. The van der Waals surface area contributed by atoms with Gasteiger partial charge in [-0.15, -0.1) is 0 Å². The molecule has 3 fully saturated rings. The van der Waals surface area contributed by atoms with E-state index in [-0.39, 0.29) is 47.7 Å². The zero-order valence-corrected chi connectivity index (χ0v) is 31.5. The van der Waals surface area contributed by atoms with Crippen molar-refractivity contribution in [1.82, 2.24) is 25.4 Å². The lowest BCUT2D eigenvalue weighted by Crippen LogP contribution is -2.52. The molecule has 13 heteroatoms. The number of hydrogen-bond acceptors (Lipinski definition) is 10. The van der Waals surface area contributed by atoms with Gasteiger partial charge in [-0.05, 0) is 105 Å². The van der Waals surface area contributed by atoms with Gasteiger partial charge < -0.3 is 44.6 Å². The van der Waals surface area contributed by atoms with Crippen LogP contribution in [0.15, 0.2) is 100 Å². The fourth-order valence-corrected chi connectivity index (χ4v) is 7.70. The van der Waals surface area contributed by atoms with Gasteiger partial charge in [0.25, 0.3) is 5.91 Å². The Hall–Kier alpha value is -5.63. The van der Waals surface area contributed by atoms with E-state index in [1.54, 1.807) is 29.2 Å². The number of furan rings is 1. The third-order valence-electron chi connectivity index (χ3n) is 10.7. The lowest BCUT2D eigenvalue weighted by molar-refractivity contribution is -0.0336. The number of benzene rings is 3. The highest BCUT2D eigenvalue weighted by atomic mass is 16.6.